The van der Waals surface area contributed by atoms with E-state index >= 15 is 0 Å². The van der Waals surface area contributed by atoms with Crippen LogP contribution in [0.3, 0.4) is 0 Å². The number of hydrogen-bond donors (Lipinski definition) is 1. The molecule has 0 aromatic heterocycles. The van der Waals surface area contributed by atoms with Crippen LogP contribution in [0.4, 0.5) is 0 Å². The summed E-state index contributed by atoms with van der Waals surface area (Å²) in [7, 11) is 0. The van der Waals surface area contributed by atoms with Crippen LogP contribution >= 0.6 is 0 Å². The molecule has 0 spiro atoms. The van der Waals surface area contributed by atoms with E-state index in [0.29, 0.717) is 0 Å². The average Bonchev–Trinajstić information content (AvgIpc) is 2.32. The van der Waals surface area contributed by atoms with Gasteiger partial charge in [0.15, 0.2) is 0 Å². The second-order valence-corrected chi connectivity index (χ2v) is 6.88. The van der Waals surface area contributed by atoms with E-state index in [1.807, 2.05) is 0 Å². The number of rotatable bonds is 2. The van der Waals surface area contributed by atoms with Crippen molar-refractivity contribution >= 4 is 0 Å². The van der Waals surface area contributed by atoms with Crippen LogP contribution in [0.25, 0.3) is 0 Å². The van der Waals surface area contributed by atoms with Crippen LogP contribution in [0.2, 0.25) is 0 Å². The van der Waals surface area contributed by atoms with Crippen molar-refractivity contribution < 1.29 is 0 Å². The first-order chi connectivity index (χ1) is 8.47. The van der Waals surface area contributed by atoms with E-state index in [4.69, 9.17) is 0 Å². The lowest BCUT2D eigenvalue weighted by atomic mass is 9.82. The maximum Gasteiger partial charge on any atom is -0.00204 e. The molecule has 1 fully saturated rings. The normalized spacial score (nSPS) is 25.1. The maximum absolute atomic E-state index is 3.48. The summed E-state index contributed by atoms with van der Waals surface area (Å²) in [6.45, 7) is 11.6. The minimum absolute atomic E-state index is 0.264. The number of benzene rings is 1. The maximum atomic E-state index is 3.48. The van der Waals surface area contributed by atoms with Gasteiger partial charge in [0.25, 0.3) is 0 Å². The molecule has 1 heteroatoms. The summed E-state index contributed by atoms with van der Waals surface area (Å²) in [5.74, 6) is 1.66. The smallest absolute Gasteiger partial charge is 0.00204 e. The summed E-state index contributed by atoms with van der Waals surface area (Å²) in [5, 5.41) is 3.48. The topological polar surface area (TPSA) is 12.0 Å². The third kappa shape index (κ3) is 3.35. The van der Waals surface area contributed by atoms with Gasteiger partial charge in [-0.05, 0) is 54.3 Å². The zero-order valence-electron chi connectivity index (χ0n) is 12.3. The zero-order chi connectivity index (χ0) is 13.2. The van der Waals surface area contributed by atoms with E-state index in [2.05, 4.69) is 57.3 Å². The molecule has 0 aliphatic carbocycles. The zero-order valence-corrected chi connectivity index (χ0v) is 12.3. The van der Waals surface area contributed by atoms with Gasteiger partial charge in [-0.1, -0.05) is 52.0 Å². The number of piperidine rings is 1. The molecule has 1 heterocycles. The molecule has 1 nitrogen and oxygen atoms in total. The second kappa shape index (κ2) is 5.44. The van der Waals surface area contributed by atoms with Crippen molar-refractivity contribution in [3.63, 3.8) is 0 Å². The van der Waals surface area contributed by atoms with Crippen LogP contribution in [0.15, 0.2) is 24.3 Å². The molecule has 1 aromatic rings. The molecule has 100 valence electrons. The third-order valence-corrected chi connectivity index (χ3v) is 4.28. The van der Waals surface area contributed by atoms with Gasteiger partial charge in [-0.3, -0.25) is 0 Å². The van der Waals surface area contributed by atoms with Gasteiger partial charge in [0, 0.05) is 0 Å². The van der Waals surface area contributed by atoms with Crippen molar-refractivity contribution in [3.05, 3.63) is 35.4 Å². The molecule has 1 aromatic carbocycles. The number of nitrogens with one attached hydrogen (secondary N) is 1. The monoisotopic (exact) mass is 245 g/mol. The fourth-order valence-corrected chi connectivity index (χ4v) is 2.82. The van der Waals surface area contributed by atoms with Crippen molar-refractivity contribution in [2.75, 3.05) is 13.1 Å². The SMILES string of the molecule is CC1CNCCC1Cc1ccc(C(C)(C)C)cc1. The third-order valence-electron chi connectivity index (χ3n) is 4.28. The Morgan fingerprint density at radius 3 is 2.39 bits per heavy atom. The van der Waals surface area contributed by atoms with Crippen LogP contribution in [0.1, 0.15) is 45.2 Å². The van der Waals surface area contributed by atoms with Gasteiger partial charge in [0.1, 0.15) is 0 Å². The molecule has 1 saturated heterocycles. The van der Waals surface area contributed by atoms with Crippen LogP contribution in [0.5, 0.6) is 0 Å². The molecule has 0 saturated carbocycles. The highest BCUT2D eigenvalue weighted by atomic mass is 14.9. The molecule has 2 rings (SSSR count). The molecule has 0 radical (unpaired) electrons. The molecular formula is C17H27N. The van der Waals surface area contributed by atoms with Crippen LogP contribution in [0, 0.1) is 11.8 Å². The van der Waals surface area contributed by atoms with E-state index in [1.54, 1.807) is 0 Å². The Balaban J connectivity index is 2.02. The first kappa shape index (κ1) is 13.6. The average molecular weight is 245 g/mol. The molecule has 0 amide bonds. The van der Waals surface area contributed by atoms with E-state index < -0.39 is 0 Å². The second-order valence-electron chi connectivity index (χ2n) is 6.88. The number of hydrogen-bond acceptors (Lipinski definition) is 1. The molecule has 2 atom stereocenters. The van der Waals surface area contributed by atoms with Crippen LogP contribution < -0.4 is 5.32 Å². The van der Waals surface area contributed by atoms with Crippen molar-refractivity contribution in [2.24, 2.45) is 11.8 Å². The largest absolute Gasteiger partial charge is 0.316 e. The summed E-state index contributed by atoms with van der Waals surface area (Å²) >= 11 is 0. The molecule has 1 aliphatic rings. The van der Waals surface area contributed by atoms with Gasteiger partial charge in [-0.2, -0.15) is 0 Å². The highest BCUT2D eigenvalue weighted by Crippen LogP contribution is 2.26. The van der Waals surface area contributed by atoms with Gasteiger partial charge in [-0.25, -0.2) is 0 Å². The molecule has 18 heavy (non-hydrogen) atoms. The standard InChI is InChI=1S/C17H27N/c1-13-12-18-10-9-15(13)11-14-5-7-16(8-6-14)17(2,3)4/h5-8,13,15,18H,9-12H2,1-4H3. The van der Waals surface area contributed by atoms with E-state index in [0.717, 1.165) is 11.8 Å². The Labute approximate surface area is 112 Å². The predicted octanol–water partition coefficient (Wildman–Crippen LogP) is 3.77. The Hall–Kier alpha value is -0.820. The molecule has 2 unspecified atom stereocenters. The Bertz CT molecular complexity index is 372. The molecule has 0 bridgehead atoms. The summed E-state index contributed by atoms with van der Waals surface area (Å²) < 4.78 is 0. The summed E-state index contributed by atoms with van der Waals surface area (Å²) in [4.78, 5) is 0. The fourth-order valence-electron chi connectivity index (χ4n) is 2.82. The van der Waals surface area contributed by atoms with Gasteiger partial charge < -0.3 is 5.32 Å². The van der Waals surface area contributed by atoms with Gasteiger partial charge >= 0.3 is 0 Å². The van der Waals surface area contributed by atoms with E-state index in [-0.39, 0.29) is 5.41 Å². The first-order valence-electron chi connectivity index (χ1n) is 7.27. The van der Waals surface area contributed by atoms with E-state index in [1.165, 1.54) is 37.1 Å². The summed E-state index contributed by atoms with van der Waals surface area (Å²) in [6, 6.07) is 9.27. The van der Waals surface area contributed by atoms with Gasteiger partial charge in [-0.15, -0.1) is 0 Å². The molecule has 1 aliphatic heterocycles. The van der Waals surface area contributed by atoms with Gasteiger partial charge in [0.05, 0.1) is 0 Å². The summed E-state index contributed by atoms with van der Waals surface area (Å²) in [6.07, 6.45) is 2.56. The van der Waals surface area contributed by atoms with E-state index in [9.17, 15) is 0 Å². The first-order valence-corrected chi connectivity index (χ1v) is 7.27. The Morgan fingerprint density at radius 1 is 1.17 bits per heavy atom. The Kier molecular flexibility index (Phi) is 4.11. The lowest BCUT2D eigenvalue weighted by molar-refractivity contribution is 0.272. The van der Waals surface area contributed by atoms with Crippen LogP contribution in [-0.2, 0) is 11.8 Å². The quantitative estimate of drug-likeness (QED) is 0.836. The highest BCUT2D eigenvalue weighted by Gasteiger charge is 2.21. The minimum atomic E-state index is 0.264. The molecular weight excluding hydrogens is 218 g/mol. The van der Waals surface area contributed by atoms with Crippen molar-refractivity contribution in [1.29, 1.82) is 0 Å². The predicted molar refractivity (Wildman–Crippen MR) is 79.0 cm³/mol. The van der Waals surface area contributed by atoms with Crippen LogP contribution in [-0.4, -0.2) is 13.1 Å². The lowest BCUT2D eigenvalue weighted by Gasteiger charge is -2.29. The van der Waals surface area contributed by atoms with Gasteiger partial charge in [0.2, 0.25) is 0 Å². The lowest BCUT2D eigenvalue weighted by Crippen LogP contribution is -2.35. The summed E-state index contributed by atoms with van der Waals surface area (Å²) in [5.41, 5.74) is 3.20. The van der Waals surface area contributed by atoms with Crippen molar-refractivity contribution in [2.45, 2.75) is 46.0 Å². The van der Waals surface area contributed by atoms with Crippen molar-refractivity contribution in [1.82, 2.24) is 5.32 Å². The highest BCUT2D eigenvalue weighted by molar-refractivity contribution is 5.27. The van der Waals surface area contributed by atoms with Crippen molar-refractivity contribution in [3.8, 4) is 0 Å². The Morgan fingerprint density at radius 2 is 1.83 bits per heavy atom. The minimum Gasteiger partial charge on any atom is -0.316 e. The molecule has 1 N–H and O–H groups in total. The fraction of sp³-hybridized carbons (Fsp3) is 0.647.